The van der Waals surface area contributed by atoms with Gasteiger partial charge in [-0.3, -0.25) is 4.79 Å². The minimum atomic E-state index is -0.228. The first kappa shape index (κ1) is 16.2. The summed E-state index contributed by atoms with van der Waals surface area (Å²) in [5.41, 5.74) is 1.69. The van der Waals surface area contributed by atoms with Gasteiger partial charge in [0.25, 0.3) is 5.91 Å². The number of rotatable bonds is 6. The third kappa shape index (κ3) is 3.18. The van der Waals surface area contributed by atoms with E-state index in [4.69, 9.17) is 9.40 Å². The molecular weight excluding hydrogens is 304 g/mol. The smallest absolute Gasteiger partial charge is 0.287 e. The largest absolute Gasteiger partial charge is 0.459 e. The van der Waals surface area contributed by atoms with E-state index >= 15 is 0 Å². The SMILES string of the molecule is CCn1c([C@@H](CC(C)C)NC(=O)c2ccco2)nc2cccnc21. The zero-order valence-electron chi connectivity index (χ0n) is 14.2. The summed E-state index contributed by atoms with van der Waals surface area (Å²) in [5.74, 6) is 1.32. The molecule has 0 fully saturated rings. The van der Waals surface area contributed by atoms with Crippen molar-refractivity contribution < 1.29 is 9.21 Å². The summed E-state index contributed by atoms with van der Waals surface area (Å²) in [5, 5.41) is 3.06. The van der Waals surface area contributed by atoms with Gasteiger partial charge in [-0.15, -0.1) is 0 Å². The van der Waals surface area contributed by atoms with E-state index in [9.17, 15) is 4.79 Å². The van der Waals surface area contributed by atoms with Gasteiger partial charge >= 0.3 is 0 Å². The van der Waals surface area contributed by atoms with Crippen molar-refractivity contribution in [3.05, 3.63) is 48.3 Å². The molecule has 0 saturated carbocycles. The molecule has 1 amide bonds. The van der Waals surface area contributed by atoms with Gasteiger partial charge in [-0.05, 0) is 43.5 Å². The molecule has 126 valence electrons. The van der Waals surface area contributed by atoms with Crippen LogP contribution in [-0.2, 0) is 6.54 Å². The predicted octanol–water partition coefficient (Wildman–Crippen LogP) is 3.56. The van der Waals surface area contributed by atoms with Crippen LogP contribution in [0.2, 0.25) is 0 Å². The summed E-state index contributed by atoms with van der Waals surface area (Å²) in [4.78, 5) is 21.6. The second kappa shape index (κ2) is 6.86. The predicted molar refractivity (Wildman–Crippen MR) is 91.6 cm³/mol. The number of imidazole rings is 1. The molecule has 0 aliphatic carbocycles. The molecule has 6 heteroatoms. The standard InChI is InChI=1S/C18H22N4O2/c1-4-22-16-13(7-5-9-19-16)20-17(22)14(11-12(2)3)21-18(23)15-8-6-10-24-15/h5-10,12,14H,4,11H2,1-3H3,(H,21,23)/t14-/m1/s1. The molecule has 0 saturated heterocycles. The monoisotopic (exact) mass is 326 g/mol. The Morgan fingerprint density at radius 1 is 1.33 bits per heavy atom. The van der Waals surface area contributed by atoms with Crippen LogP contribution in [0.3, 0.4) is 0 Å². The highest BCUT2D eigenvalue weighted by atomic mass is 16.3. The van der Waals surface area contributed by atoms with Crippen molar-refractivity contribution in [3.8, 4) is 0 Å². The number of nitrogens with one attached hydrogen (secondary N) is 1. The molecule has 3 aromatic heterocycles. The lowest BCUT2D eigenvalue weighted by Crippen LogP contribution is -2.31. The summed E-state index contributed by atoms with van der Waals surface area (Å²) in [6.45, 7) is 7.06. The molecule has 0 bridgehead atoms. The van der Waals surface area contributed by atoms with Crippen LogP contribution < -0.4 is 5.32 Å². The molecule has 3 rings (SSSR count). The number of carbonyl (C=O) groups excluding carboxylic acids is 1. The first-order valence-electron chi connectivity index (χ1n) is 8.25. The molecule has 3 heterocycles. The minimum absolute atomic E-state index is 0.197. The van der Waals surface area contributed by atoms with Crippen molar-refractivity contribution in [2.24, 2.45) is 5.92 Å². The van der Waals surface area contributed by atoms with Crippen LogP contribution in [0.1, 0.15) is 49.6 Å². The number of nitrogens with zero attached hydrogens (tertiary/aromatic N) is 3. The average Bonchev–Trinajstić information content (AvgIpc) is 3.21. The number of carbonyl (C=O) groups is 1. The summed E-state index contributed by atoms with van der Waals surface area (Å²) in [6.07, 6.45) is 4.05. The van der Waals surface area contributed by atoms with E-state index in [1.165, 1.54) is 6.26 Å². The minimum Gasteiger partial charge on any atom is -0.459 e. The quantitative estimate of drug-likeness (QED) is 0.751. The molecule has 6 nitrogen and oxygen atoms in total. The number of amides is 1. The Balaban J connectivity index is 1.98. The molecule has 24 heavy (non-hydrogen) atoms. The topological polar surface area (TPSA) is 73.0 Å². The average molecular weight is 326 g/mol. The number of pyridine rings is 1. The van der Waals surface area contributed by atoms with Gasteiger partial charge in [0.05, 0.1) is 12.3 Å². The Morgan fingerprint density at radius 2 is 2.17 bits per heavy atom. The summed E-state index contributed by atoms with van der Waals surface area (Å²) < 4.78 is 7.26. The highest BCUT2D eigenvalue weighted by Crippen LogP contribution is 2.25. The Hall–Kier alpha value is -2.63. The van der Waals surface area contributed by atoms with Crippen molar-refractivity contribution in [2.75, 3.05) is 0 Å². The highest BCUT2D eigenvalue weighted by molar-refractivity contribution is 5.91. The van der Waals surface area contributed by atoms with Gasteiger partial charge in [0.15, 0.2) is 11.4 Å². The number of furan rings is 1. The second-order valence-corrected chi connectivity index (χ2v) is 6.19. The fourth-order valence-corrected chi connectivity index (χ4v) is 2.89. The number of aryl methyl sites for hydroxylation is 1. The third-order valence-corrected chi connectivity index (χ3v) is 3.92. The fourth-order valence-electron chi connectivity index (χ4n) is 2.89. The van der Waals surface area contributed by atoms with Crippen LogP contribution in [0.25, 0.3) is 11.2 Å². The van der Waals surface area contributed by atoms with Gasteiger partial charge in [-0.1, -0.05) is 13.8 Å². The highest BCUT2D eigenvalue weighted by Gasteiger charge is 2.24. The maximum absolute atomic E-state index is 12.4. The van der Waals surface area contributed by atoms with Crippen LogP contribution >= 0.6 is 0 Å². The molecule has 1 N–H and O–H groups in total. The Kier molecular flexibility index (Phi) is 4.64. The van der Waals surface area contributed by atoms with Gasteiger partial charge in [0, 0.05) is 12.7 Å². The lowest BCUT2D eigenvalue weighted by Gasteiger charge is -2.20. The van der Waals surface area contributed by atoms with Crippen LogP contribution in [0.4, 0.5) is 0 Å². The zero-order valence-corrected chi connectivity index (χ0v) is 14.2. The van der Waals surface area contributed by atoms with Crippen LogP contribution in [-0.4, -0.2) is 20.4 Å². The van der Waals surface area contributed by atoms with Gasteiger partial charge in [0.2, 0.25) is 0 Å². The first-order chi connectivity index (χ1) is 11.6. The van der Waals surface area contributed by atoms with Crippen LogP contribution in [0, 0.1) is 5.92 Å². The molecule has 0 radical (unpaired) electrons. The Labute approximate surface area is 140 Å². The lowest BCUT2D eigenvalue weighted by molar-refractivity contribution is 0.0901. The molecule has 1 atom stereocenters. The molecule has 0 aromatic carbocycles. The normalized spacial score (nSPS) is 12.7. The van der Waals surface area contributed by atoms with Crippen LogP contribution in [0.5, 0.6) is 0 Å². The fraction of sp³-hybridized carbons (Fsp3) is 0.389. The molecule has 0 aliphatic heterocycles. The van der Waals surface area contributed by atoms with E-state index in [2.05, 4.69) is 35.6 Å². The molecular formula is C18H22N4O2. The Bertz CT molecular complexity index is 821. The maximum Gasteiger partial charge on any atom is 0.287 e. The number of hydrogen-bond donors (Lipinski definition) is 1. The Morgan fingerprint density at radius 3 is 2.83 bits per heavy atom. The summed E-state index contributed by atoms with van der Waals surface area (Å²) in [6, 6.07) is 6.98. The number of hydrogen-bond acceptors (Lipinski definition) is 4. The van der Waals surface area contributed by atoms with Crippen molar-refractivity contribution in [2.45, 2.75) is 39.8 Å². The van der Waals surface area contributed by atoms with E-state index in [1.807, 2.05) is 12.1 Å². The maximum atomic E-state index is 12.4. The number of aromatic nitrogens is 3. The van der Waals surface area contributed by atoms with E-state index in [0.717, 1.165) is 30.0 Å². The van der Waals surface area contributed by atoms with Gasteiger partial charge in [-0.2, -0.15) is 0 Å². The lowest BCUT2D eigenvalue weighted by atomic mass is 10.0. The molecule has 0 unspecified atom stereocenters. The molecule has 0 spiro atoms. The van der Waals surface area contributed by atoms with Gasteiger partial charge < -0.3 is 14.3 Å². The van der Waals surface area contributed by atoms with Crippen molar-refractivity contribution >= 4 is 17.1 Å². The van der Waals surface area contributed by atoms with Crippen molar-refractivity contribution in [1.82, 2.24) is 19.9 Å². The second-order valence-electron chi connectivity index (χ2n) is 6.19. The third-order valence-electron chi connectivity index (χ3n) is 3.92. The molecule has 3 aromatic rings. The van der Waals surface area contributed by atoms with Gasteiger partial charge in [-0.25, -0.2) is 9.97 Å². The summed E-state index contributed by atoms with van der Waals surface area (Å²) in [7, 11) is 0. The zero-order chi connectivity index (χ0) is 17.1. The van der Waals surface area contributed by atoms with Crippen molar-refractivity contribution in [1.29, 1.82) is 0 Å². The first-order valence-corrected chi connectivity index (χ1v) is 8.25. The van der Waals surface area contributed by atoms with E-state index < -0.39 is 0 Å². The van der Waals surface area contributed by atoms with E-state index in [0.29, 0.717) is 11.7 Å². The summed E-state index contributed by atoms with van der Waals surface area (Å²) >= 11 is 0. The van der Waals surface area contributed by atoms with Gasteiger partial charge in [0.1, 0.15) is 11.3 Å². The van der Waals surface area contributed by atoms with E-state index in [-0.39, 0.29) is 11.9 Å². The van der Waals surface area contributed by atoms with Crippen LogP contribution in [0.15, 0.2) is 41.1 Å². The number of fused-ring (bicyclic) bond motifs is 1. The van der Waals surface area contributed by atoms with E-state index in [1.54, 1.807) is 18.3 Å². The molecule has 0 aliphatic rings. The van der Waals surface area contributed by atoms with Crippen molar-refractivity contribution in [3.63, 3.8) is 0 Å².